The second-order valence-corrected chi connectivity index (χ2v) is 5.54. The first-order valence-electron chi connectivity index (χ1n) is 5.68. The van der Waals surface area contributed by atoms with Gasteiger partial charge in [0.15, 0.2) is 3.83 Å². The molecule has 0 aliphatic carbocycles. The quantitative estimate of drug-likeness (QED) is 0.273. The van der Waals surface area contributed by atoms with Gasteiger partial charge in [-0.25, -0.2) is 9.97 Å². The van der Waals surface area contributed by atoms with E-state index in [0.29, 0.717) is 21.9 Å². The van der Waals surface area contributed by atoms with E-state index in [9.17, 15) is 4.79 Å². The van der Waals surface area contributed by atoms with Crippen LogP contribution >= 0.6 is 35.2 Å². The van der Waals surface area contributed by atoms with Crippen molar-refractivity contribution in [2.24, 2.45) is 0 Å². The van der Waals surface area contributed by atoms with E-state index in [1.165, 1.54) is 6.08 Å². The van der Waals surface area contributed by atoms with Gasteiger partial charge in [-0.2, -0.15) is 0 Å². The minimum atomic E-state index is -0.0859. The van der Waals surface area contributed by atoms with E-state index in [-0.39, 0.29) is 5.91 Å². The molecule has 1 aromatic rings. The number of carbonyl (C=O) groups is 1. The lowest BCUT2D eigenvalue weighted by Gasteiger charge is -2.23. The van der Waals surface area contributed by atoms with Crippen LogP contribution in [0.4, 0.5) is 5.82 Å². The summed E-state index contributed by atoms with van der Waals surface area (Å²) in [5.74, 6) is 0.751. The normalized spacial score (nSPS) is 10.2. The number of nitrogens with zero attached hydrogens (tertiary/aromatic N) is 4. The number of likely N-dealkylation sites (N-methyl/N-ethyl adjacent to an activating group) is 2. The van der Waals surface area contributed by atoms with Crippen LogP contribution in [0, 0.1) is 10.8 Å². The van der Waals surface area contributed by atoms with Crippen LogP contribution in [-0.4, -0.2) is 48.0 Å². The minimum Gasteiger partial charge on any atom is -0.358 e. The lowest BCUT2D eigenvalue weighted by molar-refractivity contribution is -0.124. The SMILES string of the molecule is C=CC(=O)N(C)CCN(C)c1nc(I)nc(S)c1C. The van der Waals surface area contributed by atoms with Gasteiger partial charge in [-0.05, 0) is 13.0 Å². The molecule has 1 rings (SSSR count). The van der Waals surface area contributed by atoms with Crippen molar-refractivity contribution in [1.82, 2.24) is 14.9 Å². The van der Waals surface area contributed by atoms with Gasteiger partial charge in [-0.15, -0.1) is 12.6 Å². The van der Waals surface area contributed by atoms with Gasteiger partial charge in [0.2, 0.25) is 5.91 Å². The predicted molar refractivity (Wildman–Crippen MR) is 87.8 cm³/mol. The zero-order chi connectivity index (χ0) is 14.6. The zero-order valence-electron chi connectivity index (χ0n) is 11.2. The van der Waals surface area contributed by atoms with Crippen LogP contribution in [0.3, 0.4) is 0 Å². The number of carbonyl (C=O) groups excluding carboxylic acids is 1. The largest absolute Gasteiger partial charge is 0.358 e. The molecule has 0 atom stereocenters. The Bertz CT molecular complexity index is 495. The van der Waals surface area contributed by atoms with Crippen molar-refractivity contribution in [3.8, 4) is 0 Å². The number of hydrogen-bond donors (Lipinski definition) is 1. The number of rotatable bonds is 5. The lowest BCUT2D eigenvalue weighted by Crippen LogP contribution is -2.34. The molecule has 104 valence electrons. The van der Waals surface area contributed by atoms with Gasteiger partial charge in [0, 0.05) is 55.3 Å². The molecule has 0 unspecified atom stereocenters. The summed E-state index contributed by atoms with van der Waals surface area (Å²) in [4.78, 5) is 23.6. The molecule has 0 aliphatic heterocycles. The minimum absolute atomic E-state index is 0.0859. The number of anilines is 1. The summed E-state index contributed by atoms with van der Waals surface area (Å²) in [7, 11) is 3.68. The molecule has 1 aromatic heterocycles. The fourth-order valence-corrected chi connectivity index (χ4v) is 2.37. The summed E-state index contributed by atoms with van der Waals surface area (Å²) < 4.78 is 0.658. The Labute approximate surface area is 132 Å². The van der Waals surface area contributed by atoms with Gasteiger partial charge >= 0.3 is 0 Å². The summed E-state index contributed by atoms with van der Waals surface area (Å²) in [6, 6.07) is 0. The van der Waals surface area contributed by atoms with E-state index in [1.54, 1.807) is 11.9 Å². The van der Waals surface area contributed by atoms with Crippen LogP contribution in [0.1, 0.15) is 5.56 Å². The van der Waals surface area contributed by atoms with Crippen molar-refractivity contribution in [2.45, 2.75) is 11.9 Å². The molecule has 0 aliphatic rings. The van der Waals surface area contributed by atoms with Gasteiger partial charge in [0.1, 0.15) is 10.8 Å². The molecule has 1 heterocycles. The van der Waals surface area contributed by atoms with E-state index >= 15 is 0 Å². The van der Waals surface area contributed by atoms with Crippen LogP contribution in [0.15, 0.2) is 17.7 Å². The van der Waals surface area contributed by atoms with E-state index in [4.69, 9.17) is 0 Å². The average molecular weight is 392 g/mol. The Morgan fingerprint density at radius 3 is 2.63 bits per heavy atom. The van der Waals surface area contributed by atoms with Crippen LogP contribution in [0.2, 0.25) is 0 Å². The summed E-state index contributed by atoms with van der Waals surface area (Å²) in [5.41, 5.74) is 0.934. The molecule has 5 nitrogen and oxygen atoms in total. The van der Waals surface area contributed by atoms with Crippen LogP contribution in [-0.2, 0) is 4.79 Å². The zero-order valence-corrected chi connectivity index (χ0v) is 14.3. The third-order valence-corrected chi connectivity index (χ3v) is 3.67. The highest BCUT2D eigenvalue weighted by molar-refractivity contribution is 14.1. The smallest absolute Gasteiger partial charge is 0.245 e. The Kier molecular flexibility index (Phi) is 6.05. The Hall–Kier alpha value is -0.830. The second-order valence-electron chi connectivity index (χ2n) is 4.15. The average Bonchev–Trinajstić information content (AvgIpc) is 2.38. The lowest BCUT2D eigenvalue weighted by atomic mass is 10.3. The summed E-state index contributed by atoms with van der Waals surface area (Å²) in [6.45, 7) is 6.68. The molecule has 7 heteroatoms. The third kappa shape index (κ3) is 4.34. The molecule has 19 heavy (non-hydrogen) atoms. The van der Waals surface area contributed by atoms with E-state index < -0.39 is 0 Å². The highest BCUT2D eigenvalue weighted by Crippen LogP contribution is 2.21. The highest BCUT2D eigenvalue weighted by atomic mass is 127. The Balaban J connectivity index is 2.76. The molecule has 0 N–H and O–H groups in total. The topological polar surface area (TPSA) is 49.3 Å². The number of hydrogen-bond acceptors (Lipinski definition) is 5. The van der Waals surface area contributed by atoms with Crippen molar-refractivity contribution in [1.29, 1.82) is 0 Å². The molecule has 0 bridgehead atoms. The van der Waals surface area contributed by atoms with Crippen LogP contribution in [0.25, 0.3) is 0 Å². The molecule has 0 saturated heterocycles. The van der Waals surface area contributed by atoms with E-state index in [0.717, 1.165) is 11.4 Å². The van der Waals surface area contributed by atoms with Gasteiger partial charge in [-0.1, -0.05) is 6.58 Å². The predicted octanol–water partition coefficient (Wildman–Crippen LogP) is 1.76. The van der Waals surface area contributed by atoms with E-state index in [2.05, 4.69) is 51.8 Å². The van der Waals surface area contributed by atoms with Crippen molar-refractivity contribution >= 4 is 46.9 Å². The van der Waals surface area contributed by atoms with Gasteiger partial charge < -0.3 is 9.80 Å². The van der Waals surface area contributed by atoms with Crippen molar-refractivity contribution in [2.75, 3.05) is 32.1 Å². The maximum absolute atomic E-state index is 11.4. The van der Waals surface area contributed by atoms with Crippen LogP contribution < -0.4 is 4.90 Å². The van der Waals surface area contributed by atoms with Crippen molar-refractivity contribution in [3.63, 3.8) is 0 Å². The standard InChI is InChI=1S/C12H17IN4OS/c1-5-9(18)16(3)6-7-17(4)10-8(2)11(19)15-12(13)14-10/h5H,1,6-7H2,2-4H3,(H,14,15,19). The fraction of sp³-hybridized carbons (Fsp3) is 0.417. The van der Waals surface area contributed by atoms with Crippen molar-refractivity contribution in [3.05, 3.63) is 22.0 Å². The first-order valence-corrected chi connectivity index (χ1v) is 7.21. The molecule has 0 spiro atoms. The Morgan fingerprint density at radius 2 is 2.05 bits per heavy atom. The first kappa shape index (κ1) is 16.2. The van der Waals surface area contributed by atoms with Gasteiger partial charge in [-0.3, -0.25) is 4.79 Å². The monoisotopic (exact) mass is 392 g/mol. The maximum atomic E-state index is 11.4. The molecule has 0 radical (unpaired) electrons. The van der Waals surface area contributed by atoms with E-state index in [1.807, 2.05) is 18.9 Å². The summed E-state index contributed by atoms with van der Waals surface area (Å²) in [6.07, 6.45) is 1.31. The number of halogens is 1. The maximum Gasteiger partial charge on any atom is 0.245 e. The summed E-state index contributed by atoms with van der Waals surface area (Å²) >= 11 is 6.39. The van der Waals surface area contributed by atoms with Crippen molar-refractivity contribution < 1.29 is 4.79 Å². The number of aromatic nitrogens is 2. The molecule has 1 amide bonds. The Morgan fingerprint density at radius 1 is 1.42 bits per heavy atom. The number of thiol groups is 1. The van der Waals surface area contributed by atoms with Gasteiger partial charge in [0.25, 0.3) is 0 Å². The van der Waals surface area contributed by atoms with Crippen LogP contribution in [0.5, 0.6) is 0 Å². The molecule has 0 fully saturated rings. The molecule has 0 aromatic carbocycles. The highest BCUT2D eigenvalue weighted by Gasteiger charge is 2.13. The molecular formula is C12H17IN4OS. The summed E-state index contributed by atoms with van der Waals surface area (Å²) in [5, 5.41) is 0.678. The van der Waals surface area contributed by atoms with Gasteiger partial charge in [0.05, 0.1) is 0 Å². The number of amides is 1. The fourth-order valence-electron chi connectivity index (χ4n) is 1.51. The molecular weight excluding hydrogens is 375 g/mol. The first-order chi connectivity index (χ1) is 8.86. The second kappa shape index (κ2) is 7.09. The molecule has 0 saturated carbocycles. The third-order valence-electron chi connectivity index (χ3n) is 2.75.